The van der Waals surface area contributed by atoms with Crippen molar-refractivity contribution in [3.8, 4) is 0 Å². The van der Waals surface area contributed by atoms with Crippen molar-refractivity contribution in [3.63, 3.8) is 0 Å². The van der Waals surface area contributed by atoms with E-state index in [1.54, 1.807) is 0 Å². The van der Waals surface area contributed by atoms with E-state index in [9.17, 15) is 8.78 Å². The van der Waals surface area contributed by atoms with Crippen molar-refractivity contribution in [2.24, 2.45) is 4.99 Å². The predicted octanol–water partition coefficient (Wildman–Crippen LogP) is 2.57. The van der Waals surface area contributed by atoms with E-state index >= 15 is 0 Å². The molecular weight excluding hydrogens is 340 g/mol. The van der Waals surface area contributed by atoms with Crippen LogP contribution in [0.2, 0.25) is 0 Å². The van der Waals surface area contributed by atoms with E-state index < -0.39 is 11.6 Å². The molecule has 1 aromatic rings. The molecule has 5 nitrogen and oxygen atoms in total. The summed E-state index contributed by atoms with van der Waals surface area (Å²) in [7, 11) is 0. The molecule has 0 amide bonds. The standard InChI is InChI=1S/C19H27F2N3O2/c1-2-22-19(23-8-4-9-26-13-7-10-25-12-13)24-17-11-14(17)18-15(20)5-3-6-16(18)21/h3,5-6,13-14,17H,2,4,7-12H2,1H3,(H2,22,23,24). The van der Waals surface area contributed by atoms with Crippen LogP contribution in [0.1, 0.15) is 37.7 Å². The molecule has 1 aromatic carbocycles. The number of halogens is 2. The highest BCUT2D eigenvalue weighted by Crippen LogP contribution is 2.43. The molecule has 1 aliphatic heterocycles. The maximum absolute atomic E-state index is 13.9. The number of nitrogens with one attached hydrogen (secondary N) is 2. The molecule has 2 fully saturated rings. The lowest BCUT2D eigenvalue weighted by molar-refractivity contribution is 0.0424. The summed E-state index contributed by atoms with van der Waals surface area (Å²) in [5.41, 5.74) is 0.174. The first-order valence-electron chi connectivity index (χ1n) is 9.37. The number of nitrogens with zero attached hydrogens (tertiary/aromatic N) is 1. The molecule has 2 aliphatic rings. The highest BCUT2D eigenvalue weighted by Gasteiger charge is 2.42. The van der Waals surface area contributed by atoms with Crippen LogP contribution in [0.5, 0.6) is 0 Å². The SMILES string of the molecule is CCNC(=NCCCOC1CCOC1)NC1CC1c1c(F)cccc1F. The van der Waals surface area contributed by atoms with E-state index in [0.717, 1.165) is 26.0 Å². The molecule has 0 spiro atoms. The molecule has 0 aromatic heterocycles. The maximum atomic E-state index is 13.9. The van der Waals surface area contributed by atoms with Gasteiger partial charge in [0, 0.05) is 43.8 Å². The van der Waals surface area contributed by atoms with E-state index in [0.29, 0.717) is 32.1 Å². The largest absolute Gasteiger partial charge is 0.379 e. The summed E-state index contributed by atoms with van der Waals surface area (Å²) in [5, 5.41) is 6.45. The third-order valence-electron chi connectivity index (χ3n) is 4.64. The molecule has 3 unspecified atom stereocenters. The van der Waals surface area contributed by atoms with Gasteiger partial charge in [-0.2, -0.15) is 0 Å². The summed E-state index contributed by atoms with van der Waals surface area (Å²) in [6.45, 7) is 5.47. The first kappa shape index (κ1) is 19.0. The Morgan fingerprint density at radius 1 is 1.35 bits per heavy atom. The van der Waals surface area contributed by atoms with E-state index in [2.05, 4.69) is 15.6 Å². The lowest BCUT2D eigenvalue weighted by atomic mass is 10.1. The van der Waals surface area contributed by atoms with Crippen LogP contribution in [0.15, 0.2) is 23.2 Å². The Morgan fingerprint density at radius 3 is 2.85 bits per heavy atom. The van der Waals surface area contributed by atoms with Gasteiger partial charge in [-0.25, -0.2) is 8.78 Å². The molecular formula is C19H27F2N3O2. The van der Waals surface area contributed by atoms with Gasteiger partial charge in [0.05, 0.1) is 12.7 Å². The molecule has 3 atom stereocenters. The number of hydrogen-bond donors (Lipinski definition) is 2. The summed E-state index contributed by atoms with van der Waals surface area (Å²) >= 11 is 0. The fraction of sp³-hybridized carbons (Fsp3) is 0.632. The molecule has 7 heteroatoms. The molecule has 1 heterocycles. The lowest BCUT2D eigenvalue weighted by Gasteiger charge is -2.12. The molecule has 1 saturated heterocycles. The Balaban J connectivity index is 1.44. The number of ether oxygens (including phenoxy) is 2. The second kappa shape index (κ2) is 9.28. The van der Waals surface area contributed by atoms with Crippen molar-refractivity contribution in [3.05, 3.63) is 35.4 Å². The minimum atomic E-state index is -0.478. The van der Waals surface area contributed by atoms with Crippen molar-refractivity contribution >= 4 is 5.96 Å². The molecule has 1 saturated carbocycles. The second-order valence-electron chi connectivity index (χ2n) is 6.70. The Hall–Kier alpha value is -1.73. The van der Waals surface area contributed by atoms with Gasteiger partial charge in [-0.3, -0.25) is 4.99 Å². The van der Waals surface area contributed by atoms with Crippen LogP contribution in [-0.4, -0.2) is 51.0 Å². The summed E-state index contributed by atoms with van der Waals surface area (Å²) in [4.78, 5) is 4.53. The normalized spacial score (nSPS) is 25.3. The summed E-state index contributed by atoms with van der Waals surface area (Å²) in [6.07, 6.45) is 2.70. The van der Waals surface area contributed by atoms with Crippen LogP contribution in [0.25, 0.3) is 0 Å². The van der Waals surface area contributed by atoms with Gasteiger partial charge >= 0.3 is 0 Å². The summed E-state index contributed by atoms with van der Waals surface area (Å²) < 4.78 is 38.8. The Bertz CT molecular complexity index is 601. The number of rotatable bonds is 8. The van der Waals surface area contributed by atoms with Crippen LogP contribution in [0, 0.1) is 11.6 Å². The quantitative estimate of drug-likeness (QED) is 0.421. The van der Waals surface area contributed by atoms with Crippen LogP contribution >= 0.6 is 0 Å². The van der Waals surface area contributed by atoms with Gasteiger partial charge in [-0.05, 0) is 38.3 Å². The minimum absolute atomic E-state index is 0.00564. The fourth-order valence-corrected chi connectivity index (χ4v) is 3.18. The fourth-order valence-electron chi connectivity index (χ4n) is 3.18. The van der Waals surface area contributed by atoms with Gasteiger partial charge < -0.3 is 20.1 Å². The molecule has 2 N–H and O–H groups in total. The summed E-state index contributed by atoms with van der Waals surface area (Å²) in [6, 6.07) is 4.01. The van der Waals surface area contributed by atoms with Gasteiger partial charge in [-0.15, -0.1) is 0 Å². The maximum Gasteiger partial charge on any atom is 0.191 e. The lowest BCUT2D eigenvalue weighted by Crippen LogP contribution is -2.39. The monoisotopic (exact) mass is 367 g/mol. The van der Waals surface area contributed by atoms with Crippen LogP contribution < -0.4 is 10.6 Å². The summed E-state index contributed by atoms with van der Waals surface area (Å²) in [5.74, 6) is -0.421. The van der Waals surface area contributed by atoms with Crippen molar-refractivity contribution in [2.75, 3.05) is 32.9 Å². The zero-order valence-corrected chi connectivity index (χ0v) is 15.1. The van der Waals surface area contributed by atoms with Crippen molar-refractivity contribution in [1.29, 1.82) is 0 Å². The van der Waals surface area contributed by atoms with Crippen LogP contribution in [-0.2, 0) is 9.47 Å². The zero-order chi connectivity index (χ0) is 18.4. The number of guanidine groups is 1. The van der Waals surface area contributed by atoms with Gasteiger partial charge in [0.25, 0.3) is 0 Å². The van der Waals surface area contributed by atoms with E-state index in [-0.39, 0.29) is 23.6 Å². The van der Waals surface area contributed by atoms with Gasteiger partial charge in [0.15, 0.2) is 5.96 Å². The minimum Gasteiger partial charge on any atom is -0.379 e. The van der Waals surface area contributed by atoms with Crippen molar-refractivity contribution in [1.82, 2.24) is 10.6 Å². The molecule has 0 bridgehead atoms. The smallest absolute Gasteiger partial charge is 0.191 e. The first-order chi connectivity index (χ1) is 12.7. The Labute approximate surface area is 153 Å². The van der Waals surface area contributed by atoms with Crippen molar-refractivity contribution < 1.29 is 18.3 Å². The highest BCUT2D eigenvalue weighted by atomic mass is 19.1. The second-order valence-corrected chi connectivity index (χ2v) is 6.70. The van der Waals surface area contributed by atoms with Crippen LogP contribution in [0.3, 0.4) is 0 Å². The van der Waals surface area contributed by atoms with E-state index in [1.807, 2.05) is 6.92 Å². The Kier molecular flexibility index (Phi) is 6.80. The molecule has 1 aliphatic carbocycles. The average Bonchev–Trinajstić information content (AvgIpc) is 3.15. The number of benzene rings is 1. The molecule has 26 heavy (non-hydrogen) atoms. The third-order valence-corrected chi connectivity index (χ3v) is 4.64. The highest BCUT2D eigenvalue weighted by molar-refractivity contribution is 5.80. The zero-order valence-electron chi connectivity index (χ0n) is 15.1. The van der Waals surface area contributed by atoms with Gasteiger partial charge in [-0.1, -0.05) is 6.07 Å². The van der Waals surface area contributed by atoms with E-state index in [1.165, 1.54) is 18.2 Å². The first-order valence-corrected chi connectivity index (χ1v) is 9.37. The number of hydrogen-bond acceptors (Lipinski definition) is 3. The topological polar surface area (TPSA) is 54.9 Å². The van der Waals surface area contributed by atoms with Gasteiger partial charge in [0.1, 0.15) is 11.6 Å². The van der Waals surface area contributed by atoms with E-state index in [4.69, 9.17) is 9.47 Å². The number of aliphatic imine (C=N–C) groups is 1. The molecule has 3 rings (SSSR count). The third kappa shape index (κ3) is 5.14. The molecule has 0 radical (unpaired) electrons. The van der Waals surface area contributed by atoms with Crippen molar-refractivity contribution in [2.45, 2.75) is 44.2 Å². The Morgan fingerprint density at radius 2 is 2.15 bits per heavy atom. The molecule has 144 valence electrons. The van der Waals surface area contributed by atoms with Gasteiger partial charge in [0.2, 0.25) is 0 Å². The predicted molar refractivity (Wildman–Crippen MR) is 96.4 cm³/mol. The van der Waals surface area contributed by atoms with Crippen LogP contribution in [0.4, 0.5) is 8.78 Å². The average molecular weight is 367 g/mol.